The molecule has 5 bridgehead atoms. The van der Waals surface area contributed by atoms with Gasteiger partial charge in [-0.2, -0.15) is 13.2 Å². The van der Waals surface area contributed by atoms with Crippen LogP contribution in [0.25, 0.3) is 0 Å². The van der Waals surface area contributed by atoms with E-state index in [2.05, 4.69) is 10.0 Å². The topological polar surface area (TPSA) is 145 Å². The third-order valence-electron chi connectivity index (χ3n) is 8.09. The lowest BCUT2D eigenvalue weighted by Crippen LogP contribution is -2.58. The molecule has 2 unspecified atom stereocenters. The number of benzene rings is 1. The molecule has 0 aromatic heterocycles. The van der Waals surface area contributed by atoms with Crippen molar-refractivity contribution in [1.29, 1.82) is 0 Å². The zero-order valence-corrected chi connectivity index (χ0v) is 24.3. The van der Waals surface area contributed by atoms with Gasteiger partial charge in [-0.1, -0.05) is 12.2 Å². The van der Waals surface area contributed by atoms with Crippen molar-refractivity contribution in [3.05, 3.63) is 41.7 Å². The normalized spacial score (nSPS) is 28.1. The van der Waals surface area contributed by atoms with E-state index < -0.39 is 43.9 Å². The highest BCUT2D eigenvalue weighted by Crippen LogP contribution is 2.40. The van der Waals surface area contributed by atoms with E-state index in [0.29, 0.717) is 45.3 Å². The quantitative estimate of drug-likeness (QED) is 0.290. The van der Waals surface area contributed by atoms with E-state index in [0.717, 1.165) is 25.2 Å². The molecule has 2 atom stereocenters. The summed E-state index contributed by atoms with van der Waals surface area (Å²) in [6.07, 6.45) is 0.630. The summed E-state index contributed by atoms with van der Waals surface area (Å²) in [6.45, 7) is 4.88. The third-order valence-corrected chi connectivity index (χ3v) is 9.53. The average Bonchev–Trinajstić information content (AvgIpc) is 3.33. The van der Waals surface area contributed by atoms with Gasteiger partial charge in [0.2, 0.25) is 15.9 Å². The van der Waals surface area contributed by atoms with Crippen molar-refractivity contribution >= 4 is 27.8 Å². The number of carbonyl (C=O) groups is 3. The Labute approximate surface area is 246 Å². The van der Waals surface area contributed by atoms with Gasteiger partial charge >= 0.3 is 12.1 Å². The molecule has 5 rings (SSSR count). The number of nitrogens with one attached hydrogen (secondary N) is 2. The summed E-state index contributed by atoms with van der Waals surface area (Å²) < 4.78 is 80.8. The molecule has 11 nitrogen and oxygen atoms in total. The number of alkyl halides is 3. The number of carboxylic acids is 1. The summed E-state index contributed by atoms with van der Waals surface area (Å²) in [5.74, 6) is -3.97. The number of hydrogen-bond donors (Lipinski definition) is 3. The molecule has 0 saturated carbocycles. The van der Waals surface area contributed by atoms with Crippen LogP contribution >= 0.6 is 0 Å². The van der Waals surface area contributed by atoms with Crippen LogP contribution in [0.1, 0.15) is 43.0 Å². The lowest BCUT2D eigenvalue weighted by atomic mass is 9.74. The molecule has 16 heteroatoms. The van der Waals surface area contributed by atoms with Crippen molar-refractivity contribution in [3.63, 3.8) is 0 Å². The first-order chi connectivity index (χ1) is 20.1. The molecular weight excluding hydrogens is 600 g/mol. The number of halogens is 4. The minimum Gasteiger partial charge on any atom is -0.475 e. The molecule has 1 aromatic carbocycles. The number of carbonyl (C=O) groups excluding carboxylic acids is 2. The lowest BCUT2D eigenvalue weighted by molar-refractivity contribution is -0.192. The highest BCUT2D eigenvalue weighted by Gasteiger charge is 2.50. The molecule has 238 valence electrons. The van der Waals surface area contributed by atoms with Crippen LogP contribution in [0, 0.1) is 11.2 Å². The van der Waals surface area contributed by atoms with Crippen molar-refractivity contribution in [2.75, 3.05) is 45.8 Å². The molecule has 2 spiro atoms. The highest BCUT2D eigenvalue weighted by atomic mass is 32.2. The summed E-state index contributed by atoms with van der Waals surface area (Å²) in [5, 5.41) is 10.4. The van der Waals surface area contributed by atoms with Gasteiger partial charge in [-0.05, 0) is 63.9 Å². The molecule has 0 radical (unpaired) electrons. The maximum atomic E-state index is 14.6. The summed E-state index contributed by atoms with van der Waals surface area (Å²) in [6, 6.07) is 3.42. The second-order valence-corrected chi connectivity index (χ2v) is 13.0. The van der Waals surface area contributed by atoms with Crippen LogP contribution in [0.15, 0.2) is 35.2 Å². The smallest absolute Gasteiger partial charge is 0.475 e. The molecular formula is C27H34F4N4O7S. The van der Waals surface area contributed by atoms with Crippen LogP contribution in [0.5, 0.6) is 0 Å². The number of sulfonamides is 1. The fraction of sp³-hybridized carbons (Fsp3) is 0.593. The third kappa shape index (κ3) is 7.36. The summed E-state index contributed by atoms with van der Waals surface area (Å²) in [5.41, 5.74) is -1.16. The molecule has 4 heterocycles. The summed E-state index contributed by atoms with van der Waals surface area (Å²) in [4.78, 5) is 39.2. The fourth-order valence-corrected chi connectivity index (χ4v) is 7.10. The molecule has 3 N–H and O–H groups in total. The number of ether oxygens (including phenoxy) is 1. The second-order valence-electron chi connectivity index (χ2n) is 11.3. The number of piperidine rings is 1. The number of rotatable bonds is 0. The number of fused-ring (bicyclic) bond motifs is 4. The molecule has 3 saturated heterocycles. The zero-order chi connectivity index (χ0) is 31.6. The van der Waals surface area contributed by atoms with Crippen molar-refractivity contribution in [2.24, 2.45) is 5.41 Å². The number of amides is 2. The number of aliphatic carboxylic acids is 1. The molecule has 4 aliphatic heterocycles. The van der Waals surface area contributed by atoms with Crippen molar-refractivity contribution in [2.45, 2.75) is 55.4 Å². The van der Waals surface area contributed by atoms with Crippen molar-refractivity contribution in [3.8, 4) is 0 Å². The van der Waals surface area contributed by atoms with Crippen molar-refractivity contribution in [1.82, 2.24) is 19.8 Å². The first-order valence-electron chi connectivity index (χ1n) is 13.8. The first kappa shape index (κ1) is 32.8. The van der Waals surface area contributed by atoms with Gasteiger partial charge in [-0.25, -0.2) is 22.3 Å². The maximum Gasteiger partial charge on any atom is 0.490 e. The van der Waals surface area contributed by atoms with Crippen LogP contribution in [0.3, 0.4) is 0 Å². The first-order valence-corrected chi connectivity index (χ1v) is 15.3. The molecule has 3 fully saturated rings. The largest absolute Gasteiger partial charge is 0.490 e. The number of carboxylic acid groups (broad SMARTS) is 1. The lowest BCUT2D eigenvalue weighted by Gasteiger charge is -2.44. The van der Waals surface area contributed by atoms with E-state index in [-0.39, 0.29) is 36.6 Å². The number of nitrogens with zero attached hydrogens (tertiary/aromatic N) is 2. The van der Waals surface area contributed by atoms with Crippen LogP contribution in [0.2, 0.25) is 0 Å². The van der Waals surface area contributed by atoms with Gasteiger partial charge in [0.05, 0.1) is 24.6 Å². The fourth-order valence-electron chi connectivity index (χ4n) is 6.02. The zero-order valence-electron chi connectivity index (χ0n) is 23.5. The van der Waals surface area contributed by atoms with Crippen LogP contribution in [0.4, 0.5) is 17.6 Å². The Morgan fingerprint density at radius 1 is 1.09 bits per heavy atom. The number of morpholine rings is 1. The second kappa shape index (κ2) is 12.5. The Bertz CT molecular complexity index is 1380. The minimum atomic E-state index is -5.08. The van der Waals surface area contributed by atoms with Crippen molar-refractivity contribution < 1.29 is 50.2 Å². The SMILES string of the molecule is CC1CN2CC3(CCN(C3)C(=O)C3(C/C=C/CNS(=O)(=O)c4cc(ccc4F)C2=O)CCNCC3)O1.O=C(O)C(F)(F)F. The van der Waals surface area contributed by atoms with E-state index in [1.165, 1.54) is 6.07 Å². The Kier molecular flexibility index (Phi) is 9.54. The number of hydrogen-bond acceptors (Lipinski definition) is 7. The summed E-state index contributed by atoms with van der Waals surface area (Å²) >= 11 is 0. The molecule has 1 aromatic rings. The van der Waals surface area contributed by atoms with Gasteiger partial charge in [0, 0.05) is 25.2 Å². The van der Waals surface area contributed by atoms with Crippen LogP contribution in [-0.2, 0) is 24.3 Å². The van der Waals surface area contributed by atoms with Gasteiger partial charge in [-0.15, -0.1) is 0 Å². The Balaban J connectivity index is 0.000000541. The van der Waals surface area contributed by atoms with Gasteiger partial charge in [0.15, 0.2) is 0 Å². The summed E-state index contributed by atoms with van der Waals surface area (Å²) in [7, 11) is -4.19. The van der Waals surface area contributed by atoms with E-state index >= 15 is 0 Å². The number of allylic oxidation sites excluding steroid dienone is 1. The predicted molar refractivity (Wildman–Crippen MR) is 144 cm³/mol. The monoisotopic (exact) mass is 634 g/mol. The van der Waals surface area contributed by atoms with Crippen LogP contribution in [-0.4, -0.2) is 105 Å². The Hall–Kier alpha value is -3.08. The molecule has 0 aliphatic carbocycles. The van der Waals surface area contributed by atoms with Crippen LogP contribution < -0.4 is 10.0 Å². The van der Waals surface area contributed by atoms with E-state index in [1.54, 1.807) is 11.0 Å². The van der Waals surface area contributed by atoms with Gasteiger partial charge in [0.25, 0.3) is 5.91 Å². The average molecular weight is 635 g/mol. The molecule has 43 heavy (non-hydrogen) atoms. The van der Waals surface area contributed by atoms with Gasteiger partial charge < -0.3 is 25.0 Å². The van der Waals surface area contributed by atoms with E-state index in [4.69, 9.17) is 14.6 Å². The predicted octanol–water partition coefficient (Wildman–Crippen LogP) is 1.90. The Morgan fingerprint density at radius 2 is 1.74 bits per heavy atom. The highest BCUT2D eigenvalue weighted by molar-refractivity contribution is 7.89. The standard InChI is InChI=1S/C25H33FN4O5S.C2HF3O2/c1-18-15-30-17-25(35-18)9-13-29(16-25)23(32)24(7-11-27-12-8-24)6-2-3-10-28-36(33,34)21-14-19(22(30)31)4-5-20(21)26;3-2(4,5)1(6)7/h2-5,14,18,27-28H,6-13,15-17H2,1H3;(H,6,7)/b3-2+;. The molecule has 2 amide bonds. The van der Waals surface area contributed by atoms with Gasteiger partial charge in [0.1, 0.15) is 16.3 Å². The minimum absolute atomic E-state index is 0.0488. The maximum absolute atomic E-state index is 14.6. The van der Waals surface area contributed by atoms with E-state index in [9.17, 15) is 35.6 Å². The van der Waals surface area contributed by atoms with Gasteiger partial charge in [-0.3, -0.25) is 9.59 Å². The Morgan fingerprint density at radius 3 is 2.40 bits per heavy atom. The molecule has 4 aliphatic rings. The van der Waals surface area contributed by atoms with E-state index in [1.807, 2.05) is 17.9 Å².